The van der Waals surface area contributed by atoms with Crippen molar-refractivity contribution in [3.8, 4) is 0 Å². The van der Waals surface area contributed by atoms with Crippen molar-refractivity contribution in [3.05, 3.63) is 22.3 Å². The fraction of sp³-hybridized carbons (Fsp3) is 0.500. The summed E-state index contributed by atoms with van der Waals surface area (Å²) in [5.41, 5.74) is 0.187. The van der Waals surface area contributed by atoms with Gasteiger partial charge in [0.15, 0.2) is 0 Å². The van der Waals surface area contributed by atoms with Crippen LogP contribution in [-0.4, -0.2) is 34.3 Å². The van der Waals surface area contributed by atoms with E-state index in [0.29, 0.717) is 16.4 Å². The standard InChI is InChI=1S/C12H13BrN2O3/c13-6-3-8(12(16)17)11(14-5-6)15-9-4-7-1-2-10(9)18-7/h3,5,7,9-10H,1-2,4H2,(H,14,15)(H,16,17). The Bertz CT molecular complexity index is 494. The number of carboxylic acid groups (broad SMARTS) is 1. The number of pyridine rings is 1. The summed E-state index contributed by atoms with van der Waals surface area (Å²) >= 11 is 3.23. The zero-order valence-corrected chi connectivity index (χ0v) is 11.2. The molecule has 96 valence electrons. The third-order valence-corrected chi connectivity index (χ3v) is 3.95. The lowest BCUT2D eigenvalue weighted by atomic mass is 9.95. The summed E-state index contributed by atoms with van der Waals surface area (Å²) in [6.07, 6.45) is 5.21. The van der Waals surface area contributed by atoms with E-state index in [1.54, 1.807) is 12.3 Å². The molecular weight excluding hydrogens is 300 g/mol. The number of aromatic nitrogens is 1. The molecule has 0 aliphatic carbocycles. The predicted octanol–water partition coefficient (Wildman–Crippen LogP) is 2.27. The van der Waals surface area contributed by atoms with Crippen LogP contribution in [0.5, 0.6) is 0 Å². The zero-order chi connectivity index (χ0) is 12.7. The smallest absolute Gasteiger partial charge is 0.339 e. The monoisotopic (exact) mass is 312 g/mol. The van der Waals surface area contributed by atoms with Crippen LogP contribution in [0.1, 0.15) is 29.6 Å². The normalized spacial score (nSPS) is 29.5. The van der Waals surface area contributed by atoms with Gasteiger partial charge in [-0.15, -0.1) is 0 Å². The number of carboxylic acids is 1. The topological polar surface area (TPSA) is 71.5 Å². The first-order chi connectivity index (χ1) is 8.63. The highest BCUT2D eigenvalue weighted by molar-refractivity contribution is 9.10. The molecule has 3 atom stereocenters. The van der Waals surface area contributed by atoms with E-state index in [1.807, 2.05) is 0 Å². The summed E-state index contributed by atoms with van der Waals surface area (Å²) in [4.78, 5) is 15.3. The molecule has 1 aromatic rings. The molecule has 18 heavy (non-hydrogen) atoms. The molecule has 0 radical (unpaired) electrons. The van der Waals surface area contributed by atoms with E-state index in [9.17, 15) is 4.79 Å². The first kappa shape index (κ1) is 11.9. The molecule has 0 aromatic carbocycles. The number of nitrogens with one attached hydrogen (secondary N) is 1. The van der Waals surface area contributed by atoms with Gasteiger partial charge in [-0.1, -0.05) is 0 Å². The Morgan fingerprint density at radius 1 is 1.56 bits per heavy atom. The molecule has 3 unspecified atom stereocenters. The Morgan fingerprint density at radius 2 is 2.39 bits per heavy atom. The molecule has 0 saturated carbocycles. The van der Waals surface area contributed by atoms with E-state index in [4.69, 9.17) is 9.84 Å². The van der Waals surface area contributed by atoms with Gasteiger partial charge in [0.2, 0.25) is 0 Å². The number of fused-ring (bicyclic) bond motifs is 2. The van der Waals surface area contributed by atoms with Crippen molar-refractivity contribution in [1.82, 2.24) is 4.98 Å². The lowest BCUT2D eigenvalue weighted by Crippen LogP contribution is -2.31. The fourth-order valence-corrected chi connectivity index (χ4v) is 3.01. The lowest BCUT2D eigenvalue weighted by Gasteiger charge is -2.21. The van der Waals surface area contributed by atoms with Crippen molar-refractivity contribution in [2.45, 2.75) is 37.5 Å². The van der Waals surface area contributed by atoms with Crippen LogP contribution in [0.3, 0.4) is 0 Å². The van der Waals surface area contributed by atoms with Crippen LogP contribution >= 0.6 is 15.9 Å². The maximum absolute atomic E-state index is 11.2. The van der Waals surface area contributed by atoms with Crippen LogP contribution in [0.4, 0.5) is 5.82 Å². The minimum absolute atomic E-state index is 0.176. The maximum Gasteiger partial charge on any atom is 0.339 e. The molecule has 3 rings (SSSR count). The molecule has 2 bridgehead atoms. The molecular formula is C12H13BrN2O3. The minimum Gasteiger partial charge on any atom is -0.478 e. The van der Waals surface area contributed by atoms with Gasteiger partial charge < -0.3 is 15.2 Å². The fourth-order valence-electron chi connectivity index (χ4n) is 2.68. The molecule has 0 amide bonds. The summed E-state index contributed by atoms with van der Waals surface area (Å²) in [6.45, 7) is 0. The van der Waals surface area contributed by atoms with E-state index in [1.165, 1.54) is 0 Å². The highest BCUT2D eigenvalue weighted by Gasteiger charge is 2.41. The number of hydrogen-bond donors (Lipinski definition) is 2. The Hall–Kier alpha value is -1.14. The first-order valence-electron chi connectivity index (χ1n) is 5.94. The Morgan fingerprint density at radius 3 is 3.00 bits per heavy atom. The van der Waals surface area contributed by atoms with Crippen LogP contribution < -0.4 is 5.32 Å². The molecule has 1 aromatic heterocycles. The SMILES string of the molecule is O=C(O)c1cc(Br)cnc1NC1CC2CCC1O2. The highest BCUT2D eigenvalue weighted by Crippen LogP contribution is 2.36. The molecule has 2 saturated heterocycles. The number of ether oxygens (including phenoxy) is 1. The molecule has 2 aliphatic heterocycles. The summed E-state index contributed by atoms with van der Waals surface area (Å²) in [5.74, 6) is -0.553. The lowest BCUT2D eigenvalue weighted by molar-refractivity contribution is 0.0697. The quantitative estimate of drug-likeness (QED) is 0.896. The summed E-state index contributed by atoms with van der Waals surface area (Å²) in [5, 5.41) is 12.4. The largest absolute Gasteiger partial charge is 0.478 e. The Kier molecular flexibility index (Phi) is 2.99. The summed E-state index contributed by atoms with van der Waals surface area (Å²) < 4.78 is 6.40. The second kappa shape index (κ2) is 4.51. The van der Waals surface area contributed by atoms with Crippen LogP contribution in [-0.2, 0) is 4.74 Å². The van der Waals surface area contributed by atoms with Crippen LogP contribution in [0.15, 0.2) is 16.7 Å². The van der Waals surface area contributed by atoms with Crippen molar-refractivity contribution in [3.63, 3.8) is 0 Å². The van der Waals surface area contributed by atoms with E-state index in [-0.39, 0.29) is 17.7 Å². The third-order valence-electron chi connectivity index (χ3n) is 3.51. The van der Waals surface area contributed by atoms with Crippen molar-refractivity contribution < 1.29 is 14.6 Å². The zero-order valence-electron chi connectivity index (χ0n) is 9.60. The summed E-state index contributed by atoms with van der Waals surface area (Å²) in [6, 6.07) is 1.74. The molecule has 2 N–H and O–H groups in total. The summed E-state index contributed by atoms with van der Waals surface area (Å²) in [7, 11) is 0. The van der Waals surface area contributed by atoms with E-state index < -0.39 is 5.97 Å². The van der Waals surface area contributed by atoms with Crippen molar-refractivity contribution in [2.75, 3.05) is 5.32 Å². The van der Waals surface area contributed by atoms with Gasteiger partial charge in [0.25, 0.3) is 0 Å². The highest BCUT2D eigenvalue weighted by atomic mass is 79.9. The minimum atomic E-state index is -0.977. The van der Waals surface area contributed by atoms with Gasteiger partial charge in [-0.3, -0.25) is 0 Å². The average Bonchev–Trinajstić information content (AvgIpc) is 2.93. The number of anilines is 1. The van der Waals surface area contributed by atoms with E-state index >= 15 is 0 Å². The molecule has 6 heteroatoms. The molecule has 5 nitrogen and oxygen atoms in total. The number of halogens is 1. The van der Waals surface area contributed by atoms with Gasteiger partial charge in [0, 0.05) is 10.7 Å². The number of carbonyl (C=O) groups is 1. The van der Waals surface area contributed by atoms with Gasteiger partial charge in [-0.25, -0.2) is 9.78 Å². The van der Waals surface area contributed by atoms with Crippen LogP contribution in [0, 0.1) is 0 Å². The van der Waals surface area contributed by atoms with Crippen molar-refractivity contribution in [2.24, 2.45) is 0 Å². The van der Waals surface area contributed by atoms with E-state index in [2.05, 4.69) is 26.2 Å². The Labute approximate surface area is 113 Å². The first-order valence-corrected chi connectivity index (χ1v) is 6.73. The molecule has 2 fully saturated rings. The molecule has 3 heterocycles. The number of nitrogens with zero attached hydrogens (tertiary/aromatic N) is 1. The van der Waals surface area contributed by atoms with Gasteiger partial charge in [-0.2, -0.15) is 0 Å². The Balaban J connectivity index is 1.82. The van der Waals surface area contributed by atoms with Gasteiger partial charge >= 0.3 is 5.97 Å². The van der Waals surface area contributed by atoms with Crippen LogP contribution in [0.25, 0.3) is 0 Å². The van der Waals surface area contributed by atoms with Gasteiger partial charge in [0.1, 0.15) is 11.4 Å². The van der Waals surface area contributed by atoms with Crippen LogP contribution in [0.2, 0.25) is 0 Å². The molecule has 2 aliphatic rings. The van der Waals surface area contributed by atoms with Gasteiger partial charge in [-0.05, 0) is 41.3 Å². The second-order valence-corrected chi connectivity index (χ2v) is 5.63. The second-order valence-electron chi connectivity index (χ2n) is 4.72. The number of hydrogen-bond acceptors (Lipinski definition) is 4. The molecule has 0 spiro atoms. The van der Waals surface area contributed by atoms with Crippen molar-refractivity contribution in [1.29, 1.82) is 0 Å². The van der Waals surface area contributed by atoms with E-state index in [0.717, 1.165) is 19.3 Å². The maximum atomic E-state index is 11.2. The number of rotatable bonds is 3. The average molecular weight is 313 g/mol. The van der Waals surface area contributed by atoms with Crippen molar-refractivity contribution >= 4 is 27.7 Å². The third kappa shape index (κ3) is 2.10. The predicted molar refractivity (Wildman–Crippen MR) is 68.8 cm³/mol. The van der Waals surface area contributed by atoms with Gasteiger partial charge in [0.05, 0.1) is 18.2 Å². The number of aromatic carboxylic acids is 1.